The standard InChI is InChI=1S/C9H9F6NO3S/c10-8(11,12)5(9(13,14)15)6(17)16-1-2-20-3-4(16)7(18)19/h4-5H,1-3H2,(H,18,19). The third kappa shape index (κ3) is 3.70. The Bertz CT molecular complexity index is 382. The van der Waals surface area contributed by atoms with Crippen molar-refractivity contribution >= 4 is 23.6 Å². The van der Waals surface area contributed by atoms with Crippen molar-refractivity contribution in [3.63, 3.8) is 0 Å². The molecule has 4 nitrogen and oxygen atoms in total. The van der Waals surface area contributed by atoms with Gasteiger partial charge in [0, 0.05) is 18.1 Å². The second-order valence-electron chi connectivity index (χ2n) is 3.98. The maximum atomic E-state index is 12.4. The highest BCUT2D eigenvalue weighted by atomic mass is 32.2. The van der Waals surface area contributed by atoms with Gasteiger partial charge >= 0.3 is 18.3 Å². The largest absolute Gasteiger partial charge is 0.480 e. The smallest absolute Gasteiger partial charge is 0.409 e. The van der Waals surface area contributed by atoms with Gasteiger partial charge in [-0.2, -0.15) is 38.1 Å². The summed E-state index contributed by atoms with van der Waals surface area (Å²) in [7, 11) is 0. The van der Waals surface area contributed by atoms with Crippen LogP contribution in [0.1, 0.15) is 0 Å². The van der Waals surface area contributed by atoms with Crippen molar-refractivity contribution in [1.82, 2.24) is 4.90 Å². The lowest BCUT2D eigenvalue weighted by Crippen LogP contribution is -2.57. The van der Waals surface area contributed by atoms with Crippen LogP contribution in [0.2, 0.25) is 0 Å². The molecule has 1 aliphatic heterocycles. The van der Waals surface area contributed by atoms with Crippen molar-refractivity contribution in [2.45, 2.75) is 18.4 Å². The number of halogens is 6. The lowest BCUT2D eigenvalue weighted by Gasteiger charge is -2.35. The molecule has 0 spiro atoms. The van der Waals surface area contributed by atoms with Crippen LogP contribution in [0, 0.1) is 5.92 Å². The fourth-order valence-electron chi connectivity index (χ4n) is 1.70. The molecule has 0 aromatic rings. The molecule has 1 heterocycles. The Hall–Kier alpha value is -1.13. The summed E-state index contributed by atoms with van der Waals surface area (Å²) in [4.78, 5) is 22.5. The first-order valence-electron chi connectivity index (χ1n) is 5.20. The lowest BCUT2D eigenvalue weighted by molar-refractivity contribution is -0.278. The summed E-state index contributed by atoms with van der Waals surface area (Å²) in [6.07, 6.45) is -11.6. The van der Waals surface area contributed by atoms with Crippen LogP contribution in [0.25, 0.3) is 0 Å². The number of thioether (sulfide) groups is 1. The minimum Gasteiger partial charge on any atom is -0.480 e. The Balaban J connectivity index is 3.08. The van der Waals surface area contributed by atoms with Crippen LogP contribution in [0.15, 0.2) is 0 Å². The number of carboxylic acids is 1. The van der Waals surface area contributed by atoms with E-state index in [1.807, 2.05) is 0 Å². The van der Waals surface area contributed by atoms with Crippen LogP contribution >= 0.6 is 11.8 Å². The zero-order valence-corrected chi connectivity index (χ0v) is 10.5. The predicted molar refractivity (Wildman–Crippen MR) is 56.1 cm³/mol. The molecule has 1 N–H and O–H groups in total. The van der Waals surface area contributed by atoms with E-state index in [2.05, 4.69) is 0 Å². The predicted octanol–water partition coefficient (Wildman–Crippen LogP) is 1.76. The van der Waals surface area contributed by atoms with Crippen molar-refractivity contribution in [2.75, 3.05) is 18.1 Å². The van der Waals surface area contributed by atoms with Gasteiger partial charge in [-0.25, -0.2) is 4.79 Å². The number of aliphatic carboxylic acids is 1. The highest BCUT2D eigenvalue weighted by molar-refractivity contribution is 7.99. The van der Waals surface area contributed by atoms with Crippen LogP contribution in [0.5, 0.6) is 0 Å². The molecule has 1 amide bonds. The van der Waals surface area contributed by atoms with Gasteiger partial charge in [-0.1, -0.05) is 0 Å². The average Bonchev–Trinajstić information content (AvgIpc) is 2.24. The minimum absolute atomic E-state index is 0.0813. The van der Waals surface area contributed by atoms with Crippen molar-refractivity contribution in [3.05, 3.63) is 0 Å². The van der Waals surface area contributed by atoms with Gasteiger partial charge < -0.3 is 10.0 Å². The van der Waals surface area contributed by atoms with Crippen molar-refractivity contribution in [3.8, 4) is 0 Å². The van der Waals surface area contributed by atoms with E-state index in [1.165, 1.54) is 0 Å². The monoisotopic (exact) mass is 325 g/mol. The molecule has 1 aliphatic rings. The number of nitrogens with zero attached hydrogens (tertiary/aromatic N) is 1. The molecule has 20 heavy (non-hydrogen) atoms. The molecule has 11 heteroatoms. The molecule has 116 valence electrons. The summed E-state index contributed by atoms with van der Waals surface area (Å²) in [5, 5.41) is 8.78. The maximum Gasteiger partial charge on any atom is 0.409 e. The van der Waals surface area contributed by atoms with Gasteiger partial charge in [0.05, 0.1) is 0 Å². The first-order valence-corrected chi connectivity index (χ1v) is 6.36. The van der Waals surface area contributed by atoms with E-state index >= 15 is 0 Å². The second-order valence-corrected chi connectivity index (χ2v) is 5.13. The second kappa shape index (κ2) is 5.70. The fraction of sp³-hybridized carbons (Fsp3) is 0.778. The number of carbonyl (C=O) groups excluding carboxylic acids is 1. The van der Waals surface area contributed by atoms with Gasteiger partial charge in [-0.05, 0) is 0 Å². The van der Waals surface area contributed by atoms with E-state index in [4.69, 9.17) is 5.11 Å². The summed E-state index contributed by atoms with van der Waals surface area (Å²) in [5.74, 6) is -8.26. The Morgan fingerprint density at radius 3 is 2.05 bits per heavy atom. The Kier molecular flexibility index (Phi) is 4.82. The molecule has 1 atom stereocenters. The van der Waals surface area contributed by atoms with Gasteiger partial charge in [0.2, 0.25) is 11.8 Å². The van der Waals surface area contributed by atoms with Gasteiger partial charge in [0.25, 0.3) is 0 Å². The van der Waals surface area contributed by atoms with E-state index in [-0.39, 0.29) is 16.4 Å². The average molecular weight is 325 g/mol. The molecule has 0 aliphatic carbocycles. The molecule has 0 bridgehead atoms. The summed E-state index contributed by atoms with van der Waals surface area (Å²) in [5.41, 5.74) is 0. The van der Waals surface area contributed by atoms with E-state index in [0.717, 1.165) is 11.8 Å². The maximum absolute atomic E-state index is 12.4. The molecule has 0 aromatic heterocycles. The number of rotatable bonds is 2. The van der Waals surface area contributed by atoms with E-state index in [1.54, 1.807) is 0 Å². The normalized spacial score (nSPS) is 21.1. The highest BCUT2D eigenvalue weighted by Crippen LogP contribution is 2.41. The lowest BCUT2D eigenvalue weighted by atomic mass is 10.1. The molecule has 1 fully saturated rings. The number of carboxylic acid groups (broad SMARTS) is 1. The van der Waals surface area contributed by atoms with Crippen LogP contribution < -0.4 is 0 Å². The van der Waals surface area contributed by atoms with Crippen LogP contribution in [0.4, 0.5) is 26.3 Å². The van der Waals surface area contributed by atoms with Crippen molar-refractivity contribution < 1.29 is 41.0 Å². The molecule has 1 saturated heterocycles. The first-order chi connectivity index (χ1) is 8.96. The number of amides is 1. The quantitative estimate of drug-likeness (QED) is 0.786. The van der Waals surface area contributed by atoms with Gasteiger partial charge in [-0.15, -0.1) is 0 Å². The van der Waals surface area contributed by atoms with Crippen LogP contribution in [-0.4, -0.2) is 58.3 Å². The summed E-state index contributed by atoms with van der Waals surface area (Å²) in [6, 6.07) is -1.69. The highest BCUT2D eigenvalue weighted by Gasteiger charge is 2.62. The zero-order chi connectivity index (χ0) is 15.7. The van der Waals surface area contributed by atoms with Gasteiger partial charge in [-0.3, -0.25) is 4.79 Å². The minimum atomic E-state index is -5.82. The third-order valence-electron chi connectivity index (χ3n) is 2.60. The van der Waals surface area contributed by atoms with Crippen LogP contribution in [0.3, 0.4) is 0 Å². The molecule has 1 rings (SSSR count). The Morgan fingerprint density at radius 1 is 1.15 bits per heavy atom. The number of carbonyl (C=O) groups is 2. The number of hydrogen-bond donors (Lipinski definition) is 1. The molecular weight excluding hydrogens is 316 g/mol. The molecule has 1 unspecified atom stereocenters. The zero-order valence-electron chi connectivity index (χ0n) is 9.66. The Morgan fingerprint density at radius 2 is 1.65 bits per heavy atom. The van der Waals surface area contributed by atoms with Gasteiger partial charge in [0.15, 0.2) is 0 Å². The summed E-state index contributed by atoms with van der Waals surface area (Å²) >= 11 is 1.04. The van der Waals surface area contributed by atoms with E-state index in [0.29, 0.717) is 0 Å². The molecule has 0 radical (unpaired) electrons. The summed E-state index contributed by atoms with van der Waals surface area (Å²) < 4.78 is 74.6. The number of hydrogen-bond acceptors (Lipinski definition) is 3. The topological polar surface area (TPSA) is 57.6 Å². The first kappa shape index (κ1) is 16.9. The fourth-order valence-corrected chi connectivity index (χ4v) is 2.74. The van der Waals surface area contributed by atoms with Crippen molar-refractivity contribution in [1.29, 1.82) is 0 Å². The molecule has 0 saturated carbocycles. The third-order valence-corrected chi connectivity index (χ3v) is 3.62. The summed E-state index contributed by atoms with van der Waals surface area (Å²) in [6.45, 7) is -0.469. The molecular formula is C9H9F6NO3S. The van der Waals surface area contributed by atoms with E-state index in [9.17, 15) is 35.9 Å². The SMILES string of the molecule is O=C(O)C1CSCCN1C(=O)C(C(F)(F)F)C(F)(F)F. The Labute approximate surface area is 113 Å². The molecule has 0 aromatic carbocycles. The van der Waals surface area contributed by atoms with Crippen LogP contribution in [-0.2, 0) is 9.59 Å². The number of alkyl halides is 6. The van der Waals surface area contributed by atoms with Crippen molar-refractivity contribution in [2.24, 2.45) is 5.92 Å². The van der Waals surface area contributed by atoms with Gasteiger partial charge in [0.1, 0.15) is 6.04 Å². The van der Waals surface area contributed by atoms with E-state index < -0.39 is 42.7 Å².